The molecule has 16 heavy (non-hydrogen) atoms. The van der Waals surface area contributed by atoms with Crippen molar-refractivity contribution in [3.63, 3.8) is 0 Å². The first-order chi connectivity index (χ1) is 7.65. The molecule has 90 valence electrons. The van der Waals surface area contributed by atoms with E-state index in [9.17, 15) is 4.39 Å². The van der Waals surface area contributed by atoms with Crippen LogP contribution in [0.1, 0.15) is 12.8 Å². The lowest BCUT2D eigenvalue weighted by Crippen LogP contribution is -2.02. The predicted octanol–water partition coefficient (Wildman–Crippen LogP) is 4.69. The van der Waals surface area contributed by atoms with E-state index in [1.807, 2.05) is 11.8 Å². The minimum absolute atomic E-state index is 0.0547. The molecule has 0 radical (unpaired) electrons. The Morgan fingerprint density at radius 3 is 2.44 bits per heavy atom. The fraction of sp³-hybridized carbons (Fsp3) is 0.455. The molecule has 0 heterocycles. The number of anilines is 1. The molecule has 0 aromatic heterocycles. The number of hydrogen-bond acceptors (Lipinski definition) is 2. The van der Waals surface area contributed by atoms with Crippen molar-refractivity contribution in [2.24, 2.45) is 0 Å². The van der Waals surface area contributed by atoms with E-state index in [0.29, 0.717) is 0 Å². The van der Waals surface area contributed by atoms with Crippen LogP contribution >= 0.6 is 35.0 Å². The first-order valence-corrected chi connectivity index (χ1v) is 7.17. The zero-order valence-electron chi connectivity index (χ0n) is 9.03. The van der Waals surface area contributed by atoms with Crippen molar-refractivity contribution in [3.8, 4) is 0 Å². The Labute approximate surface area is 110 Å². The lowest BCUT2D eigenvalue weighted by Gasteiger charge is -2.07. The van der Waals surface area contributed by atoms with Crippen LogP contribution in [-0.4, -0.2) is 18.6 Å². The highest BCUT2D eigenvalue weighted by atomic mass is 35.5. The normalized spacial score (nSPS) is 10.5. The lowest BCUT2D eigenvalue weighted by atomic mass is 10.3. The van der Waals surface area contributed by atoms with Gasteiger partial charge in [0, 0.05) is 12.2 Å². The van der Waals surface area contributed by atoms with Gasteiger partial charge in [0.25, 0.3) is 0 Å². The van der Waals surface area contributed by atoms with Crippen LogP contribution in [0.4, 0.5) is 10.1 Å². The second-order valence-corrected chi connectivity index (χ2v) is 5.18. The summed E-state index contributed by atoms with van der Waals surface area (Å²) in [6.07, 6.45) is 4.33. The molecule has 0 bridgehead atoms. The Morgan fingerprint density at radius 2 is 1.88 bits per heavy atom. The fourth-order valence-electron chi connectivity index (χ4n) is 1.26. The van der Waals surface area contributed by atoms with Crippen LogP contribution in [0.25, 0.3) is 0 Å². The van der Waals surface area contributed by atoms with Gasteiger partial charge in [-0.05, 0) is 37.0 Å². The van der Waals surface area contributed by atoms with Gasteiger partial charge in [0.2, 0.25) is 0 Å². The summed E-state index contributed by atoms with van der Waals surface area (Å²) in [5, 5.41) is 3.28. The number of halogens is 3. The van der Waals surface area contributed by atoms with E-state index in [2.05, 4.69) is 11.6 Å². The summed E-state index contributed by atoms with van der Waals surface area (Å²) in [5.74, 6) is 0.600. The Hall–Kier alpha value is -0.120. The average Bonchev–Trinajstić information content (AvgIpc) is 2.25. The van der Waals surface area contributed by atoms with Crippen molar-refractivity contribution in [2.75, 3.05) is 23.9 Å². The SMILES string of the molecule is CSCCCCNc1cc(Cl)c(F)c(Cl)c1. The number of unbranched alkanes of at least 4 members (excludes halogenated alkanes) is 1. The molecular weight excluding hydrogens is 268 g/mol. The Kier molecular flexibility index (Phi) is 6.32. The van der Waals surface area contributed by atoms with E-state index in [4.69, 9.17) is 23.2 Å². The topological polar surface area (TPSA) is 12.0 Å². The zero-order chi connectivity index (χ0) is 12.0. The highest BCUT2D eigenvalue weighted by molar-refractivity contribution is 7.98. The quantitative estimate of drug-likeness (QED) is 0.600. The molecule has 1 aromatic rings. The first-order valence-electron chi connectivity index (χ1n) is 5.02. The molecule has 0 spiro atoms. The molecule has 1 nitrogen and oxygen atoms in total. The smallest absolute Gasteiger partial charge is 0.160 e. The van der Waals surface area contributed by atoms with E-state index >= 15 is 0 Å². The highest BCUT2D eigenvalue weighted by Crippen LogP contribution is 2.27. The van der Waals surface area contributed by atoms with Crippen molar-refractivity contribution in [1.29, 1.82) is 0 Å². The molecule has 0 saturated carbocycles. The molecule has 0 aliphatic carbocycles. The van der Waals surface area contributed by atoms with Crippen LogP contribution in [-0.2, 0) is 0 Å². The molecule has 5 heteroatoms. The molecule has 0 fully saturated rings. The number of benzene rings is 1. The number of rotatable bonds is 6. The highest BCUT2D eigenvalue weighted by Gasteiger charge is 2.06. The van der Waals surface area contributed by atoms with Gasteiger partial charge in [-0.1, -0.05) is 23.2 Å². The van der Waals surface area contributed by atoms with E-state index in [0.717, 1.165) is 30.8 Å². The van der Waals surface area contributed by atoms with E-state index < -0.39 is 5.82 Å². The second-order valence-electron chi connectivity index (χ2n) is 3.38. The standard InChI is InChI=1S/C11H14Cl2FNS/c1-16-5-3-2-4-15-8-6-9(12)11(14)10(13)7-8/h6-7,15H,2-5H2,1H3. The maximum Gasteiger partial charge on any atom is 0.160 e. The average molecular weight is 282 g/mol. The number of hydrogen-bond donors (Lipinski definition) is 1. The third-order valence-electron chi connectivity index (χ3n) is 2.09. The molecule has 0 atom stereocenters. The third kappa shape index (κ3) is 4.40. The largest absolute Gasteiger partial charge is 0.385 e. The van der Waals surface area contributed by atoms with Gasteiger partial charge in [0.15, 0.2) is 5.82 Å². The van der Waals surface area contributed by atoms with Gasteiger partial charge in [-0.25, -0.2) is 4.39 Å². The maximum absolute atomic E-state index is 13.1. The molecule has 0 unspecified atom stereocenters. The van der Waals surface area contributed by atoms with Gasteiger partial charge in [0.1, 0.15) is 0 Å². The summed E-state index contributed by atoms with van der Waals surface area (Å²) in [7, 11) is 0. The van der Waals surface area contributed by atoms with Gasteiger partial charge in [-0.3, -0.25) is 0 Å². The molecule has 1 rings (SSSR count). The van der Waals surface area contributed by atoms with Crippen molar-refractivity contribution in [3.05, 3.63) is 28.0 Å². The van der Waals surface area contributed by atoms with Crippen LogP contribution < -0.4 is 5.32 Å². The minimum atomic E-state index is -0.559. The van der Waals surface area contributed by atoms with Gasteiger partial charge in [0.05, 0.1) is 10.0 Å². The van der Waals surface area contributed by atoms with E-state index in [1.165, 1.54) is 0 Å². The van der Waals surface area contributed by atoms with Crippen LogP contribution in [0, 0.1) is 5.82 Å². The van der Waals surface area contributed by atoms with Gasteiger partial charge < -0.3 is 5.32 Å². The van der Waals surface area contributed by atoms with Crippen LogP contribution in [0.2, 0.25) is 10.0 Å². The number of thioether (sulfide) groups is 1. The molecule has 0 amide bonds. The van der Waals surface area contributed by atoms with Crippen LogP contribution in [0.5, 0.6) is 0 Å². The molecule has 0 aliphatic rings. The monoisotopic (exact) mass is 281 g/mol. The Bertz CT molecular complexity index is 324. The molecule has 0 saturated heterocycles. The Balaban J connectivity index is 2.43. The third-order valence-corrected chi connectivity index (χ3v) is 3.34. The minimum Gasteiger partial charge on any atom is -0.385 e. The number of nitrogens with one attached hydrogen (secondary N) is 1. The predicted molar refractivity (Wildman–Crippen MR) is 72.5 cm³/mol. The molecule has 1 aromatic carbocycles. The summed E-state index contributed by atoms with van der Waals surface area (Å²) in [4.78, 5) is 0. The molecular formula is C11H14Cl2FNS. The Morgan fingerprint density at radius 1 is 1.25 bits per heavy atom. The van der Waals surface area contributed by atoms with Crippen molar-refractivity contribution < 1.29 is 4.39 Å². The second kappa shape index (κ2) is 7.25. The summed E-state index contributed by atoms with van der Waals surface area (Å²) in [5.41, 5.74) is 0.764. The summed E-state index contributed by atoms with van der Waals surface area (Å²) >= 11 is 13.2. The van der Waals surface area contributed by atoms with Gasteiger partial charge in [-0.2, -0.15) is 11.8 Å². The van der Waals surface area contributed by atoms with Crippen molar-refractivity contribution in [1.82, 2.24) is 0 Å². The summed E-state index contributed by atoms with van der Waals surface area (Å²) in [6.45, 7) is 0.846. The molecule has 0 aliphatic heterocycles. The van der Waals surface area contributed by atoms with Crippen LogP contribution in [0.15, 0.2) is 12.1 Å². The van der Waals surface area contributed by atoms with Crippen LogP contribution in [0.3, 0.4) is 0 Å². The van der Waals surface area contributed by atoms with Crippen molar-refractivity contribution in [2.45, 2.75) is 12.8 Å². The van der Waals surface area contributed by atoms with E-state index in [-0.39, 0.29) is 10.0 Å². The lowest BCUT2D eigenvalue weighted by molar-refractivity contribution is 0.629. The molecule has 1 N–H and O–H groups in total. The zero-order valence-corrected chi connectivity index (χ0v) is 11.4. The summed E-state index contributed by atoms with van der Waals surface area (Å²) < 4.78 is 13.1. The van der Waals surface area contributed by atoms with E-state index in [1.54, 1.807) is 12.1 Å². The van der Waals surface area contributed by atoms with Gasteiger partial charge >= 0.3 is 0 Å². The summed E-state index contributed by atoms with van der Waals surface area (Å²) in [6, 6.07) is 3.11. The first kappa shape index (κ1) is 13.9. The fourth-order valence-corrected chi connectivity index (χ4v) is 2.24. The van der Waals surface area contributed by atoms with Crippen molar-refractivity contribution >= 4 is 40.7 Å². The van der Waals surface area contributed by atoms with Gasteiger partial charge in [-0.15, -0.1) is 0 Å². The maximum atomic E-state index is 13.1.